The van der Waals surface area contributed by atoms with Gasteiger partial charge in [0, 0.05) is 44.9 Å². The largest absolute Gasteiger partial charge is 0.308 e. The van der Waals surface area contributed by atoms with Gasteiger partial charge < -0.3 is 18.9 Å². The number of halogens is 2. The van der Waals surface area contributed by atoms with Gasteiger partial charge in [0.25, 0.3) is 0 Å². The van der Waals surface area contributed by atoms with Gasteiger partial charge in [-0.1, -0.05) is 97.1 Å². The van der Waals surface area contributed by atoms with Crippen molar-refractivity contribution in [2.24, 2.45) is 0 Å². The SMILES string of the molecule is Fc1ccc(-n2c3cc4c5sc(N(c6ccccc6)c6ccc7ccccc7c6)cc5n(-c5ccc(F)cc5)c4cc3c3sc(N(c4ccccc4)c4ccc5ccccc5c4)cc32)cc1. The molecule has 0 N–H and O–H groups in total. The fourth-order valence-corrected chi connectivity index (χ4v) is 12.0. The molecule has 9 aromatic carbocycles. The van der Waals surface area contributed by atoms with Crippen LogP contribution in [-0.2, 0) is 0 Å². The fraction of sp³-hybridized carbons (Fsp3) is 0. The maximum absolute atomic E-state index is 14.7. The zero-order chi connectivity index (χ0) is 43.9. The molecule has 0 radical (unpaired) electrons. The Labute approximate surface area is 386 Å². The molecule has 0 saturated heterocycles. The average Bonchev–Trinajstić information content (AvgIpc) is 4.12. The van der Waals surface area contributed by atoms with Gasteiger partial charge >= 0.3 is 0 Å². The summed E-state index contributed by atoms with van der Waals surface area (Å²) in [5.41, 5.74) is 10.0. The molecular formula is C58H36F2N4S2. The first-order valence-corrected chi connectivity index (χ1v) is 23.4. The van der Waals surface area contributed by atoms with Crippen LogP contribution in [0.25, 0.3) is 75.2 Å². The first-order valence-electron chi connectivity index (χ1n) is 21.8. The van der Waals surface area contributed by atoms with E-state index in [0.717, 1.165) is 97.1 Å². The van der Waals surface area contributed by atoms with E-state index in [1.165, 1.54) is 35.0 Å². The van der Waals surface area contributed by atoms with Crippen LogP contribution in [0.15, 0.2) is 218 Å². The summed E-state index contributed by atoms with van der Waals surface area (Å²) in [6, 6.07) is 73.7. The van der Waals surface area contributed by atoms with E-state index in [-0.39, 0.29) is 11.6 Å². The van der Waals surface area contributed by atoms with Gasteiger partial charge in [-0.05, 0) is 143 Å². The summed E-state index contributed by atoms with van der Waals surface area (Å²) in [6.45, 7) is 0. The smallest absolute Gasteiger partial charge is 0.123 e. The molecule has 4 aromatic heterocycles. The van der Waals surface area contributed by atoms with Crippen molar-refractivity contribution in [2.45, 2.75) is 0 Å². The van der Waals surface area contributed by atoms with Crippen LogP contribution in [-0.4, -0.2) is 9.13 Å². The van der Waals surface area contributed by atoms with Crippen molar-refractivity contribution >= 4 is 119 Å². The number of para-hydroxylation sites is 2. The Morgan fingerprint density at radius 3 is 1.11 bits per heavy atom. The molecule has 0 amide bonds. The second-order valence-corrected chi connectivity index (χ2v) is 18.6. The second kappa shape index (κ2) is 15.3. The molecule has 0 unspecified atom stereocenters. The number of benzene rings is 9. The molecule has 13 aromatic rings. The third-order valence-corrected chi connectivity index (χ3v) is 14.9. The highest BCUT2D eigenvalue weighted by Crippen LogP contribution is 2.50. The number of hydrogen-bond donors (Lipinski definition) is 0. The Hall–Kier alpha value is -8.04. The van der Waals surface area contributed by atoms with Crippen LogP contribution in [0.2, 0.25) is 0 Å². The molecule has 314 valence electrons. The molecule has 0 spiro atoms. The zero-order valence-electron chi connectivity index (χ0n) is 35.1. The van der Waals surface area contributed by atoms with Gasteiger partial charge in [-0.2, -0.15) is 0 Å². The molecule has 0 aliphatic heterocycles. The Bertz CT molecular complexity index is 3700. The van der Waals surface area contributed by atoms with E-state index in [9.17, 15) is 8.78 Å². The molecule has 4 nitrogen and oxygen atoms in total. The summed E-state index contributed by atoms with van der Waals surface area (Å²) in [5.74, 6) is -0.574. The van der Waals surface area contributed by atoms with Gasteiger partial charge in [0.15, 0.2) is 0 Å². The molecule has 0 bridgehead atoms. The molecule has 0 aliphatic rings. The normalized spacial score (nSPS) is 11.8. The Kier molecular flexibility index (Phi) is 8.91. The monoisotopic (exact) mass is 890 g/mol. The highest BCUT2D eigenvalue weighted by Gasteiger charge is 2.26. The predicted molar refractivity (Wildman–Crippen MR) is 275 cm³/mol. The standard InChI is InChI=1S/C58H36F2N4S2/c59-41-21-27-45(28-22-41)63-51-34-50-52(33-49(51)57-53(63)35-55(65-57)61(43-15-3-1-4-16-43)47-25-19-37-11-7-9-13-39(37)31-47)64(46-29-23-42(60)24-30-46)54-36-56(66-58(50)54)62(44-17-5-2-6-18-44)48-26-20-38-12-8-10-14-40(38)32-48/h1-36H. The number of rotatable bonds is 8. The minimum absolute atomic E-state index is 0.287. The van der Waals surface area contributed by atoms with Crippen LogP contribution in [0.3, 0.4) is 0 Å². The van der Waals surface area contributed by atoms with Crippen LogP contribution in [0.4, 0.5) is 41.5 Å². The Balaban J connectivity index is 1.08. The van der Waals surface area contributed by atoms with Gasteiger partial charge in [-0.3, -0.25) is 0 Å². The third-order valence-electron chi connectivity index (χ3n) is 12.6. The highest BCUT2D eigenvalue weighted by atomic mass is 32.1. The maximum atomic E-state index is 14.7. The number of aromatic nitrogens is 2. The Morgan fingerprint density at radius 2 is 0.697 bits per heavy atom. The predicted octanol–water partition coefficient (Wildman–Crippen LogP) is 17.5. The van der Waals surface area contributed by atoms with Crippen LogP contribution in [0.5, 0.6) is 0 Å². The first kappa shape index (κ1) is 38.4. The van der Waals surface area contributed by atoms with E-state index in [1.54, 1.807) is 22.7 Å². The zero-order valence-corrected chi connectivity index (χ0v) is 36.8. The van der Waals surface area contributed by atoms with E-state index in [4.69, 9.17) is 0 Å². The maximum Gasteiger partial charge on any atom is 0.123 e. The van der Waals surface area contributed by atoms with Crippen molar-refractivity contribution in [3.8, 4) is 11.4 Å². The van der Waals surface area contributed by atoms with E-state index in [0.29, 0.717) is 0 Å². The van der Waals surface area contributed by atoms with Gasteiger partial charge in [-0.15, -0.1) is 22.7 Å². The number of thiophene rings is 2. The number of hydrogen-bond acceptors (Lipinski definition) is 4. The second-order valence-electron chi connectivity index (χ2n) is 16.5. The van der Waals surface area contributed by atoms with Crippen LogP contribution < -0.4 is 9.80 Å². The lowest BCUT2D eigenvalue weighted by Crippen LogP contribution is -2.08. The van der Waals surface area contributed by atoms with Crippen LogP contribution in [0.1, 0.15) is 0 Å². The minimum Gasteiger partial charge on any atom is -0.308 e. The Morgan fingerprint density at radius 1 is 0.318 bits per heavy atom. The van der Waals surface area contributed by atoms with E-state index in [2.05, 4.69) is 177 Å². The van der Waals surface area contributed by atoms with Crippen LogP contribution >= 0.6 is 22.7 Å². The van der Waals surface area contributed by atoms with E-state index >= 15 is 0 Å². The van der Waals surface area contributed by atoms with Crippen molar-refractivity contribution in [3.63, 3.8) is 0 Å². The van der Waals surface area contributed by atoms with Gasteiger partial charge in [0.05, 0.1) is 31.5 Å². The summed E-state index contributed by atoms with van der Waals surface area (Å²) >= 11 is 3.48. The lowest BCUT2D eigenvalue weighted by atomic mass is 10.1. The summed E-state index contributed by atoms with van der Waals surface area (Å²) in [7, 11) is 0. The van der Waals surface area contributed by atoms with Gasteiger partial charge in [0.1, 0.15) is 21.6 Å². The third kappa shape index (κ3) is 6.29. The molecule has 13 rings (SSSR count). The summed E-state index contributed by atoms with van der Waals surface area (Å²) in [5, 5.41) is 8.93. The first-order chi connectivity index (χ1) is 32.5. The van der Waals surface area contributed by atoms with Crippen molar-refractivity contribution in [1.29, 1.82) is 0 Å². The number of anilines is 6. The summed E-state index contributed by atoms with van der Waals surface area (Å²) < 4.78 is 36.1. The molecule has 0 aliphatic carbocycles. The molecule has 0 fully saturated rings. The van der Waals surface area contributed by atoms with Gasteiger partial charge in [0.2, 0.25) is 0 Å². The molecule has 66 heavy (non-hydrogen) atoms. The molecule has 8 heteroatoms. The minimum atomic E-state index is -0.287. The fourth-order valence-electron chi connectivity index (χ4n) is 9.58. The van der Waals surface area contributed by atoms with Gasteiger partial charge in [-0.25, -0.2) is 8.78 Å². The molecule has 0 saturated carbocycles. The van der Waals surface area contributed by atoms with Crippen LogP contribution in [0, 0.1) is 11.6 Å². The number of nitrogens with zero attached hydrogens (tertiary/aromatic N) is 4. The van der Waals surface area contributed by atoms with Crippen molar-refractivity contribution in [1.82, 2.24) is 9.13 Å². The molecule has 4 heterocycles. The van der Waals surface area contributed by atoms with Crippen molar-refractivity contribution in [3.05, 3.63) is 230 Å². The lowest BCUT2D eigenvalue weighted by Gasteiger charge is -2.24. The quantitative estimate of drug-likeness (QED) is 0.151. The average molecular weight is 891 g/mol. The molecular weight excluding hydrogens is 855 g/mol. The topological polar surface area (TPSA) is 16.3 Å². The number of fused-ring (bicyclic) bond motifs is 8. The lowest BCUT2D eigenvalue weighted by molar-refractivity contribution is 0.627. The molecule has 0 atom stereocenters. The summed E-state index contributed by atoms with van der Waals surface area (Å²) in [4.78, 5) is 4.65. The van der Waals surface area contributed by atoms with Crippen molar-refractivity contribution < 1.29 is 8.78 Å². The van der Waals surface area contributed by atoms with E-state index < -0.39 is 0 Å². The van der Waals surface area contributed by atoms with Crippen molar-refractivity contribution in [2.75, 3.05) is 9.80 Å². The highest BCUT2D eigenvalue weighted by molar-refractivity contribution is 7.24. The summed E-state index contributed by atoms with van der Waals surface area (Å²) in [6.07, 6.45) is 0. The van der Waals surface area contributed by atoms with E-state index in [1.807, 2.05) is 36.4 Å².